The maximum atomic E-state index is 5.45. The second-order valence-electron chi connectivity index (χ2n) is 7.20. The third-order valence-corrected chi connectivity index (χ3v) is 5.52. The van der Waals surface area contributed by atoms with Crippen molar-refractivity contribution in [3.05, 3.63) is 83.4 Å². The average Bonchev–Trinajstić information content (AvgIpc) is 2.91. The minimum absolute atomic E-state index is 0.779. The second-order valence-corrected chi connectivity index (χ2v) is 7.20. The van der Waals surface area contributed by atoms with E-state index in [4.69, 9.17) is 9.47 Å². The molecule has 3 aromatic carbocycles. The van der Waals surface area contributed by atoms with Gasteiger partial charge in [0.25, 0.3) is 0 Å². The van der Waals surface area contributed by atoms with E-state index in [0.29, 0.717) is 0 Å². The number of hydrogen-bond acceptors (Lipinski definition) is 3. The summed E-state index contributed by atoms with van der Waals surface area (Å²) in [6.07, 6.45) is 4.26. The van der Waals surface area contributed by atoms with Gasteiger partial charge in [-0.25, -0.2) is 0 Å². The quantitative estimate of drug-likeness (QED) is 0.563. The van der Waals surface area contributed by atoms with Crippen molar-refractivity contribution in [1.29, 1.82) is 0 Å². The van der Waals surface area contributed by atoms with E-state index in [9.17, 15) is 0 Å². The van der Waals surface area contributed by atoms with Gasteiger partial charge < -0.3 is 14.4 Å². The average molecular weight is 373 g/mol. The summed E-state index contributed by atoms with van der Waals surface area (Å²) in [5.74, 6) is 1.58. The maximum absolute atomic E-state index is 5.45. The fourth-order valence-electron chi connectivity index (χ4n) is 4.09. The zero-order valence-corrected chi connectivity index (χ0v) is 16.7. The SMILES string of the molecule is COc1ccc(CCCN2c3ccccc3CCc3ccccc32)cc1OC. The van der Waals surface area contributed by atoms with Crippen molar-refractivity contribution in [2.45, 2.75) is 25.7 Å². The Morgan fingerprint density at radius 3 is 1.96 bits per heavy atom. The number of para-hydroxylation sites is 2. The van der Waals surface area contributed by atoms with Crippen LogP contribution >= 0.6 is 0 Å². The Balaban J connectivity index is 1.55. The monoisotopic (exact) mass is 373 g/mol. The predicted octanol–water partition coefficient (Wildman–Crippen LogP) is 5.57. The lowest BCUT2D eigenvalue weighted by atomic mass is 10.0. The Hall–Kier alpha value is -2.94. The zero-order chi connectivity index (χ0) is 19.3. The van der Waals surface area contributed by atoms with Crippen LogP contribution in [0.25, 0.3) is 0 Å². The molecule has 0 saturated carbocycles. The molecule has 3 aromatic rings. The molecule has 28 heavy (non-hydrogen) atoms. The first-order valence-corrected chi connectivity index (χ1v) is 9.94. The first-order valence-electron chi connectivity index (χ1n) is 9.94. The van der Waals surface area contributed by atoms with E-state index < -0.39 is 0 Å². The van der Waals surface area contributed by atoms with Crippen molar-refractivity contribution in [2.24, 2.45) is 0 Å². The summed E-state index contributed by atoms with van der Waals surface area (Å²) < 4.78 is 10.8. The molecule has 0 bridgehead atoms. The van der Waals surface area contributed by atoms with Gasteiger partial charge in [0.05, 0.1) is 14.2 Å². The maximum Gasteiger partial charge on any atom is 0.160 e. The summed E-state index contributed by atoms with van der Waals surface area (Å²) in [5, 5.41) is 0. The molecule has 0 spiro atoms. The summed E-state index contributed by atoms with van der Waals surface area (Å²) in [7, 11) is 3.36. The molecule has 1 heterocycles. The number of methoxy groups -OCH3 is 2. The summed E-state index contributed by atoms with van der Waals surface area (Å²) in [6, 6.07) is 23.8. The largest absolute Gasteiger partial charge is 0.493 e. The van der Waals surface area contributed by atoms with E-state index in [1.165, 1.54) is 28.1 Å². The lowest BCUT2D eigenvalue weighted by Gasteiger charge is -2.27. The number of rotatable bonds is 6. The molecule has 0 fully saturated rings. The first kappa shape index (κ1) is 18.4. The number of fused-ring (bicyclic) bond motifs is 2. The number of anilines is 2. The van der Waals surface area contributed by atoms with E-state index in [2.05, 4.69) is 65.6 Å². The Kier molecular flexibility index (Phi) is 5.52. The van der Waals surface area contributed by atoms with Crippen LogP contribution in [0.2, 0.25) is 0 Å². The number of benzene rings is 3. The third-order valence-electron chi connectivity index (χ3n) is 5.52. The van der Waals surface area contributed by atoms with E-state index in [-0.39, 0.29) is 0 Å². The lowest BCUT2D eigenvalue weighted by molar-refractivity contribution is 0.354. The first-order chi connectivity index (χ1) is 13.8. The molecule has 1 aliphatic rings. The molecule has 0 aromatic heterocycles. The van der Waals surface area contributed by atoms with Crippen molar-refractivity contribution in [2.75, 3.05) is 25.7 Å². The Labute approximate surface area is 167 Å². The van der Waals surface area contributed by atoms with Gasteiger partial charge in [-0.3, -0.25) is 0 Å². The zero-order valence-electron chi connectivity index (χ0n) is 16.7. The number of hydrogen-bond donors (Lipinski definition) is 0. The van der Waals surface area contributed by atoms with Gasteiger partial charge in [-0.1, -0.05) is 42.5 Å². The normalized spacial score (nSPS) is 12.7. The standard InChI is InChI=1S/C25H27NO2/c1-27-24-16-13-19(18-25(24)28-2)8-7-17-26-22-11-5-3-9-20(22)14-15-21-10-4-6-12-23(21)26/h3-6,9-13,16,18H,7-8,14-15,17H2,1-2H3. The van der Waals surface area contributed by atoms with Gasteiger partial charge in [0.1, 0.15) is 0 Å². The highest BCUT2D eigenvalue weighted by Gasteiger charge is 2.19. The van der Waals surface area contributed by atoms with E-state index in [1.54, 1.807) is 14.2 Å². The van der Waals surface area contributed by atoms with E-state index >= 15 is 0 Å². The number of ether oxygens (including phenoxy) is 2. The highest BCUT2D eigenvalue weighted by molar-refractivity contribution is 5.71. The van der Waals surface area contributed by atoms with Crippen molar-refractivity contribution in [1.82, 2.24) is 0 Å². The van der Waals surface area contributed by atoms with Crippen LogP contribution in [-0.2, 0) is 19.3 Å². The minimum Gasteiger partial charge on any atom is -0.493 e. The molecular weight excluding hydrogens is 346 g/mol. The predicted molar refractivity (Wildman–Crippen MR) is 115 cm³/mol. The Morgan fingerprint density at radius 1 is 0.750 bits per heavy atom. The second kappa shape index (κ2) is 8.39. The molecule has 3 heteroatoms. The van der Waals surface area contributed by atoms with Gasteiger partial charge in [-0.2, -0.15) is 0 Å². The molecule has 3 nitrogen and oxygen atoms in total. The lowest BCUT2D eigenvalue weighted by Crippen LogP contribution is -2.20. The van der Waals surface area contributed by atoms with Crippen LogP contribution in [0.5, 0.6) is 11.5 Å². The van der Waals surface area contributed by atoms with Gasteiger partial charge in [-0.15, -0.1) is 0 Å². The molecule has 0 N–H and O–H groups in total. The third kappa shape index (κ3) is 3.70. The fraction of sp³-hybridized carbons (Fsp3) is 0.280. The smallest absolute Gasteiger partial charge is 0.160 e. The highest BCUT2D eigenvalue weighted by atomic mass is 16.5. The van der Waals surface area contributed by atoms with Crippen LogP contribution in [0.15, 0.2) is 66.7 Å². The van der Waals surface area contributed by atoms with Crippen LogP contribution in [0, 0.1) is 0 Å². The molecule has 0 unspecified atom stereocenters. The van der Waals surface area contributed by atoms with Crippen LogP contribution < -0.4 is 14.4 Å². The fourth-order valence-corrected chi connectivity index (χ4v) is 4.09. The molecule has 0 saturated heterocycles. The summed E-state index contributed by atoms with van der Waals surface area (Å²) in [5.41, 5.74) is 6.84. The number of nitrogens with zero attached hydrogens (tertiary/aromatic N) is 1. The van der Waals surface area contributed by atoms with E-state index in [1.807, 2.05) is 6.07 Å². The van der Waals surface area contributed by atoms with Crippen molar-refractivity contribution in [3.63, 3.8) is 0 Å². The van der Waals surface area contributed by atoms with Crippen LogP contribution in [0.3, 0.4) is 0 Å². The summed E-state index contributed by atoms with van der Waals surface area (Å²) >= 11 is 0. The van der Waals surface area contributed by atoms with Crippen molar-refractivity contribution < 1.29 is 9.47 Å². The summed E-state index contributed by atoms with van der Waals surface area (Å²) in [4.78, 5) is 2.50. The molecule has 0 radical (unpaired) electrons. The minimum atomic E-state index is 0.779. The molecule has 4 rings (SSSR count). The Bertz CT molecular complexity index is 903. The van der Waals surface area contributed by atoms with Crippen molar-refractivity contribution >= 4 is 11.4 Å². The van der Waals surface area contributed by atoms with Gasteiger partial charge in [0.2, 0.25) is 0 Å². The molecule has 0 atom stereocenters. The molecule has 0 aliphatic carbocycles. The molecule has 1 aliphatic heterocycles. The number of aryl methyl sites for hydroxylation is 3. The highest BCUT2D eigenvalue weighted by Crippen LogP contribution is 2.36. The van der Waals surface area contributed by atoms with Crippen LogP contribution in [-0.4, -0.2) is 20.8 Å². The molecular formula is C25H27NO2. The Morgan fingerprint density at radius 2 is 1.36 bits per heavy atom. The van der Waals surface area contributed by atoms with E-state index in [0.717, 1.165) is 43.7 Å². The molecule has 144 valence electrons. The van der Waals surface area contributed by atoms with Gasteiger partial charge in [-0.05, 0) is 66.6 Å². The van der Waals surface area contributed by atoms with Gasteiger partial charge in [0.15, 0.2) is 11.5 Å². The van der Waals surface area contributed by atoms with Crippen molar-refractivity contribution in [3.8, 4) is 11.5 Å². The van der Waals surface area contributed by atoms with Gasteiger partial charge >= 0.3 is 0 Å². The summed E-state index contributed by atoms with van der Waals surface area (Å²) in [6.45, 7) is 0.988. The van der Waals surface area contributed by atoms with Crippen LogP contribution in [0.4, 0.5) is 11.4 Å². The topological polar surface area (TPSA) is 21.7 Å². The van der Waals surface area contributed by atoms with Crippen LogP contribution in [0.1, 0.15) is 23.1 Å². The van der Waals surface area contributed by atoms with Gasteiger partial charge in [0, 0.05) is 17.9 Å². The molecule has 0 amide bonds.